The monoisotopic (exact) mass is 348 g/mol. The summed E-state index contributed by atoms with van der Waals surface area (Å²) >= 11 is 3.06. The van der Waals surface area contributed by atoms with E-state index in [1.54, 1.807) is 13.2 Å². The third kappa shape index (κ3) is 4.10. The Balaban J connectivity index is 2.86. The first-order valence-corrected chi connectivity index (χ1v) is 7.79. The fourth-order valence-electron chi connectivity index (χ4n) is 1.29. The van der Waals surface area contributed by atoms with Crippen LogP contribution in [0.3, 0.4) is 0 Å². The molecule has 0 aliphatic carbocycles. The summed E-state index contributed by atoms with van der Waals surface area (Å²) in [5.74, 6) is -0.437. The van der Waals surface area contributed by atoms with Gasteiger partial charge >= 0.3 is 0 Å². The second-order valence-corrected chi connectivity index (χ2v) is 6.51. The number of nitrogens with zero attached hydrogens (tertiary/aromatic N) is 1. The predicted molar refractivity (Wildman–Crippen MR) is 76.7 cm³/mol. The molecule has 104 valence electrons. The number of hydrogen-bond acceptors (Lipinski definition) is 4. The molecule has 0 heterocycles. The zero-order valence-corrected chi connectivity index (χ0v) is 12.8. The Kier molecular flexibility index (Phi) is 5.61. The van der Waals surface area contributed by atoms with Crippen molar-refractivity contribution in [2.45, 2.75) is 12.2 Å². The van der Waals surface area contributed by atoms with E-state index in [4.69, 9.17) is 0 Å². The highest BCUT2D eigenvalue weighted by Crippen LogP contribution is 2.28. The van der Waals surface area contributed by atoms with Gasteiger partial charge in [0.05, 0.1) is 10.5 Å². The second kappa shape index (κ2) is 6.76. The third-order valence-electron chi connectivity index (χ3n) is 2.54. The van der Waals surface area contributed by atoms with Gasteiger partial charge in [0.1, 0.15) is 4.47 Å². The van der Waals surface area contributed by atoms with Crippen LogP contribution < -0.4 is 5.32 Å². The van der Waals surface area contributed by atoms with Crippen molar-refractivity contribution >= 4 is 38.3 Å². The molecule has 8 heteroatoms. The summed E-state index contributed by atoms with van der Waals surface area (Å²) in [7, 11) is -1.03. The van der Waals surface area contributed by atoms with Gasteiger partial charge in [-0.1, -0.05) is 6.07 Å². The van der Waals surface area contributed by atoms with Gasteiger partial charge in [-0.2, -0.15) is 0 Å². The number of nitrogens with one attached hydrogen (secondary N) is 1. The summed E-state index contributed by atoms with van der Waals surface area (Å²) in [5.41, 5.74) is 0.0167. The molecule has 0 aliphatic rings. The molecular weight excluding hydrogens is 336 g/mol. The van der Waals surface area contributed by atoms with Crippen molar-refractivity contribution in [2.75, 3.05) is 12.8 Å². The van der Waals surface area contributed by atoms with Gasteiger partial charge < -0.3 is 5.32 Å². The van der Waals surface area contributed by atoms with Gasteiger partial charge in [-0.15, -0.1) is 0 Å². The Morgan fingerprint density at radius 3 is 2.74 bits per heavy atom. The molecule has 0 saturated carbocycles. The Hall–Kier alpha value is -1.28. The number of carbonyl (C=O) groups is 1. The number of carbonyl (C=O) groups excluding carboxylic acids is 1. The summed E-state index contributed by atoms with van der Waals surface area (Å²) < 4.78 is 11.3. The average molecular weight is 349 g/mol. The minimum absolute atomic E-state index is 0.141. The first-order valence-electron chi connectivity index (χ1n) is 5.38. The van der Waals surface area contributed by atoms with Crippen molar-refractivity contribution in [2.24, 2.45) is 0 Å². The van der Waals surface area contributed by atoms with Crippen LogP contribution in [-0.2, 0) is 10.8 Å². The number of nitro groups is 1. The van der Waals surface area contributed by atoms with Crippen LogP contribution in [0.15, 0.2) is 22.7 Å². The second-order valence-electron chi connectivity index (χ2n) is 3.92. The van der Waals surface area contributed by atoms with Gasteiger partial charge in [-0.05, 0) is 28.9 Å². The molecule has 2 unspecified atom stereocenters. The van der Waals surface area contributed by atoms with Gasteiger partial charge in [0.2, 0.25) is 0 Å². The smallest absolute Gasteiger partial charge is 0.284 e. The molecule has 0 radical (unpaired) electrons. The molecule has 1 aromatic carbocycles. The first-order chi connectivity index (χ1) is 8.84. The van der Waals surface area contributed by atoms with Crippen LogP contribution in [0, 0.1) is 10.1 Å². The maximum atomic E-state index is 11.9. The van der Waals surface area contributed by atoms with Crippen molar-refractivity contribution in [3.8, 4) is 0 Å². The van der Waals surface area contributed by atoms with Crippen LogP contribution in [0.5, 0.6) is 0 Å². The molecule has 0 aromatic heterocycles. The van der Waals surface area contributed by atoms with Crippen LogP contribution >= 0.6 is 15.9 Å². The van der Waals surface area contributed by atoms with Crippen LogP contribution in [0.4, 0.5) is 5.69 Å². The molecular formula is C11H13BrN2O4S. The molecule has 0 spiro atoms. The van der Waals surface area contributed by atoms with E-state index in [0.717, 1.165) is 0 Å². The quantitative estimate of drug-likeness (QED) is 0.649. The van der Waals surface area contributed by atoms with Gasteiger partial charge in [0, 0.05) is 34.9 Å². The maximum Gasteiger partial charge on any atom is 0.284 e. The lowest BCUT2D eigenvalue weighted by atomic mass is 10.2. The molecule has 0 bridgehead atoms. The highest BCUT2D eigenvalue weighted by atomic mass is 79.9. The highest BCUT2D eigenvalue weighted by molar-refractivity contribution is 9.10. The van der Waals surface area contributed by atoms with E-state index in [1.807, 2.05) is 0 Å². The van der Waals surface area contributed by atoms with Crippen LogP contribution in [0.1, 0.15) is 17.3 Å². The van der Waals surface area contributed by atoms with Crippen molar-refractivity contribution in [3.63, 3.8) is 0 Å². The molecule has 0 fully saturated rings. The van der Waals surface area contributed by atoms with E-state index in [1.165, 1.54) is 18.2 Å². The van der Waals surface area contributed by atoms with Crippen molar-refractivity contribution in [1.29, 1.82) is 0 Å². The minimum atomic E-state index is -1.03. The van der Waals surface area contributed by atoms with Crippen LogP contribution in [0.2, 0.25) is 0 Å². The Bertz CT molecular complexity index is 535. The topological polar surface area (TPSA) is 89.3 Å². The van der Waals surface area contributed by atoms with Crippen molar-refractivity contribution in [3.05, 3.63) is 38.3 Å². The molecule has 1 amide bonds. The molecule has 6 nitrogen and oxygen atoms in total. The summed E-state index contributed by atoms with van der Waals surface area (Å²) in [4.78, 5) is 22.1. The minimum Gasteiger partial charge on any atom is -0.351 e. The van der Waals surface area contributed by atoms with Gasteiger partial charge in [-0.25, -0.2) is 0 Å². The Labute approximate surface area is 121 Å². The largest absolute Gasteiger partial charge is 0.351 e. The van der Waals surface area contributed by atoms with Crippen LogP contribution in [0.25, 0.3) is 0 Å². The number of halogens is 1. The fourth-order valence-corrected chi connectivity index (χ4v) is 2.19. The summed E-state index contributed by atoms with van der Waals surface area (Å²) in [6.45, 7) is 2.00. The average Bonchev–Trinajstić information content (AvgIpc) is 2.35. The molecule has 0 saturated heterocycles. The zero-order valence-electron chi connectivity index (χ0n) is 10.4. The highest BCUT2D eigenvalue weighted by Gasteiger charge is 2.19. The lowest BCUT2D eigenvalue weighted by molar-refractivity contribution is -0.385. The van der Waals surface area contributed by atoms with E-state index >= 15 is 0 Å². The summed E-state index contributed by atoms with van der Waals surface area (Å²) in [5, 5.41) is 13.2. The van der Waals surface area contributed by atoms with E-state index in [2.05, 4.69) is 21.2 Å². The zero-order chi connectivity index (χ0) is 14.6. The van der Waals surface area contributed by atoms with E-state index in [9.17, 15) is 19.1 Å². The predicted octanol–water partition coefficient (Wildman–Crippen LogP) is 1.85. The number of nitro benzene ring substituents is 1. The van der Waals surface area contributed by atoms with Crippen molar-refractivity contribution < 1.29 is 13.9 Å². The number of rotatable bonds is 5. The first kappa shape index (κ1) is 15.8. The van der Waals surface area contributed by atoms with E-state index in [0.29, 0.717) is 0 Å². The number of hydrogen-bond donors (Lipinski definition) is 1. The lowest BCUT2D eigenvalue weighted by Crippen LogP contribution is -2.32. The number of amides is 1. The lowest BCUT2D eigenvalue weighted by Gasteiger charge is -2.10. The summed E-state index contributed by atoms with van der Waals surface area (Å²) in [6.07, 6.45) is 1.56. The van der Waals surface area contributed by atoms with Crippen molar-refractivity contribution in [1.82, 2.24) is 5.32 Å². The molecule has 2 atom stereocenters. The molecule has 19 heavy (non-hydrogen) atoms. The normalized spacial score (nSPS) is 13.6. The maximum absolute atomic E-state index is 11.9. The van der Waals surface area contributed by atoms with Gasteiger partial charge in [0.15, 0.2) is 0 Å². The molecule has 1 aromatic rings. The van der Waals surface area contributed by atoms with Crippen LogP contribution in [-0.4, -0.2) is 33.1 Å². The standard InChI is InChI=1S/C11H13BrN2O4S/c1-7(19(2)18)6-13-11(15)8-4-3-5-9(10(8)12)14(16)17/h3-5,7H,6H2,1-2H3,(H,13,15). The molecule has 0 aliphatic heterocycles. The Morgan fingerprint density at radius 2 is 2.21 bits per heavy atom. The molecule has 1 rings (SSSR count). The van der Waals surface area contributed by atoms with E-state index in [-0.39, 0.29) is 27.5 Å². The van der Waals surface area contributed by atoms with Gasteiger partial charge in [-0.3, -0.25) is 19.1 Å². The number of benzene rings is 1. The van der Waals surface area contributed by atoms with E-state index < -0.39 is 21.6 Å². The Morgan fingerprint density at radius 1 is 1.58 bits per heavy atom. The fraction of sp³-hybridized carbons (Fsp3) is 0.364. The van der Waals surface area contributed by atoms with Gasteiger partial charge in [0.25, 0.3) is 11.6 Å². The SMILES string of the molecule is CC(CNC(=O)c1cccc([N+](=O)[O-])c1Br)S(C)=O. The third-order valence-corrected chi connectivity index (χ3v) is 4.67. The molecule has 1 N–H and O–H groups in total. The summed E-state index contributed by atoms with van der Waals surface area (Å²) in [6, 6.07) is 4.24.